The zero-order chi connectivity index (χ0) is 14.7. The summed E-state index contributed by atoms with van der Waals surface area (Å²) in [5, 5.41) is 0.315. The van der Waals surface area contributed by atoms with Gasteiger partial charge in [0.15, 0.2) is 5.82 Å². The molecule has 0 fully saturated rings. The van der Waals surface area contributed by atoms with Crippen LogP contribution in [0.15, 0.2) is 18.2 Å². The summed E-state index contributed by atoms with van der Waals surface area (Å²) in [7, 11) is 0. The zero-order valence-corrected chi connectivity index (χ0v) is 12.6. The van der Waals surface area contributed by atoms with E-state index in [2.05, 4.69) is 15.0 Å². The average Bonchev–Trinajstić information content (AvgIpc) is 2.39. The third kappa shape index (κ3) is 3.16. The lowest BCUT2D eigenvalue weighted by atomic mass is 10.2. The molecule has 2 aromatic rings. The van der Waals surface area contributed by atoms with Crippen molar-refractivity contribution >= 4 is 29.2 Å². The largest absolute Gasteiger partial charge is 0.341 e. The molecule has 1 heterocycles. The molecule has 0 saturated carbocycles. The SMILES string of the molecule is CCN(CC)c1nc(Cl)nc(-c2ccc(F)cc2Cl)n1. The Labute approximate surface area is 126 Å². The van der Waals surface area contributed by atoms with Gasteiger partial charge in [-0.15, -0.1) is 0 Å². The van der Waals surface area contributed by atoms with Gasteiger partial charge in [0.25, 0.3) is 0 Å². The highest BCUT2D eigenvalue weighted by atomic mass is 35.5. The maximum Gasteiger partial charge on any atom is 0.230 e. The molecular weight excluding hydrogens is 302 g/mol. The van der Waals surface area contributed by atoms with Crippen LogP contribution in [0.25, 0.3) is 11.4 Å². The Balaban J connectivity index is 2.51. The second kappa shape index (κ2) is 6.33. The molecule has 0 atom stereocenters. The van der Waals surface area contributed by atoms with Gasteiger partial charge < -0.3 is 4.90 Å². The fourth-order valence-corrected chi connectivity index (χ4v) is 2.19. The third-order valence-corrected chi connectivity index (χ3v) is 3.30. The van der Waals surface area contributed by atoms with Gasteiger partial charge in [0.05, 0.1) is 5.02 Å². The molecule has 0 unspecified atom stereocenters. The summed E-state index contributed by atoms with van der Waals surface area (Å²) in [5.41, 5.74) is 0.519. The normalized spacial score (nSPS) is 10.7. The Kier molecular flexibility index (Phi) is 4.73. The van der Waals surface area contributed by atoms with Crippen LogP contribution in [0.2, 0.25) is 10.3 Å². The van der Waals surface area contributed by atoms with Gasteiger partial charge in [-0.3, -0.25) is 0 Å². The molecule has 0 N–H and O–H groups in total. The van der Waals surface area contributed by atoms with Crippen molar-refractivity contribution in [3.63, 3.8) is 0 Å². The monoisotopic (exact) mass is 314 g/mol. The molecule has 4 nitrogen and oxygen atoms in total. The van der Waals surface area contributed by atoms with Gasteiger partial charge in [0.2, 0.25) is 11.2 Å². The number of hydrogen-bond acceptors (Lipinski definition) is 4. The fraction of sp³-hybridized carbons (Fsp3) is 0.308. The number of halogens is 3. The van der Waals surface area contributed by atoms with Gasteiger partial charge in [-0.1, -0.05) is 11.6 Å². The lowest BCUT2D eigenvalue weighted by Gasteiger charge is -2.18. The predicted octanol–water partition coefficient (Wildman–Crippen LogP) is 3.83. The quantitative estimate of drug-likeness (QED) is 0.860. The number of rotatable bonds is 4. The van der Waals surface area contributed by atoms with Crippen molar-refractivity contribution in [1.29, 1.82) is 0 Å². The average molecular weight is 315 g/mol. The molecule has 0 aliphatic carbocycles. The first-order chi connectivity index (χ1) is 9.55. The maximum atomic E-state index is 13.1. The van der Waals surface area contributed by atoms with E-state index in [9.17, 15) is 4.39 Å². The molecule has 106 valence electrons. The Bertz CT molecular complexity index is 617. The molecule has 0 aliphatic rings. The second-order valence-electron chi connectivity index (χ2n) is 4.02. The summed E-state index contributed by atoms with van der Waals surface area (Å²) in [5.74, 6) is 0.394. The number of aromatic nitrogens is 3. The molecule has 2 rings (SSSR count). The minimum absolute atomic E-state index is 0.0808. The summed E-state index contributed by atoms with van der Waals surface area (Å²) in [6, 6.07) is 4.04. The first kappa shape index (κ1) is 14.9. The summed E-state index contributed by atoms with van der Waals surface area (Å²) in [6.45, 7) is 5.47. The molecule has 1 aromatic carbocycles. The maximum absolute atomic E-state index is 13.1. The first-order valence-corrected chi connectivity index (χ1v) is 6.92. The predicted molar refractivity (Wildman–Crippen MR) is 78.8 cm³/mol. The minimum atomic E-state index is -0.414. The lowest BCUT2D eigenvalue weighted by Crippen LogP contribution is -2.24. The van der Waals surface area contributed by atoms with Crippen LogP contribution in [0.1, 0.15) is 13.8 Å². The van der Waals surface area contributed by atoms with Gasteiger partial charge in [0.1, 0.15) is 5.82 Å². The van der Waals surface area contributed by atoms with E-state index in [0.29, 0.717) is 17.3 Å². The van der Waals surface area contributed by atoms with Crippen LogP contribution in [-0.4, -0.2) is 28.0 Å². The van der Waals surface area contributed by atoms with Crippen LogP contribution in [-0.2, 0) is 0 Å². The van der Waals surface area contributed by atoms with Gasteiger partial charge in [0, 0.05) is 18.7 Å². The molecule has 0 spiro atoms. The lowest BCUT2D eigenvalue weighted by molar-refractivity contribution is 0.628. The second-order valence-corrected chi connectivity index (χ2v) is 4.77. The van der Waals surface area contributed by atoms with Gasteiger partial charge in [-0.05, 0) is 43.6 Å². The van der Waals surface area contributed by atoms with E-state index in [4.69, 9.17) is 23.2 Å². The van der Waals surface area contributed by atoms with Crippen LogP contribution in [0.4, 0.5) is 10.3 Å². The standard InChI is InChI=1S/C13H13Cl2FN4/c1-3-20(4-2)13-18-11(17-12(15)19-13)9-6-5-8(16)7-10(9)14/h5-7H,3-4H2,1-2H3. The molecule has 0 aliphatic heterocycles. The molecule has 0 bridgehead atoms. The van der Waals surface area contributed by atoms with E-state index in [-0.39, 0.29) is 10.3 Å². The molecular formula is C13H13Cl2FN4. The van der Waals surface area contributed by atoms with Crippen LogP contribution < -0.4 is 4.90 Å². The molecule has 0 saturated heterocycles. The van der Waals surface area contributed by atoms with E-state index >= 15 is 0 Å². The fourth-order valence-electron chi connectivity index (χ4n) is 1.78. The Hall–Kier alpha value is -1.46. The van der Waals surface area contributed by atoms with Crippen LogP contribution in [0, 0.1) is 5.82 Å². The van der Waals surface area contributed by atoms with Gasteiger partial charge >= 0.3 is 0 Å². The van der Waals surface area contributed by atoms with Crippen molar-refractivity contribution in [2.24, 2.45) is 0 Å². The number of benzene rings is 1. The molecule has 0 amide bonds. The molecule has 0 radical (unpaired) electrons. The summed E-state index contributed by atoms with van der Waals surface area (Å²) >= 11 is 12.0. The van der Waals surface area contributed by atoms with Crippen molar-refractivity contribution in [2.45, 2.75) is 13.8 Å². The summed E-state index contributed by atoms with van der Waals surface area (Å²) in [4.78, 5) is 14.4. The van der Waals surface area contributed by atoms with Crippen molar-refractivity contribution < 1.29 is 4.39 Å². The smallest absolute Gasteiger partial charge is 0.230 e. The minimum Gasteiger partial charge on any atom is -0.341 e. The highest BCUT2D eigenvalue weighted by Crippen LogP contribution is 2.27. The molecule has 20 heavy (non-hydrogen) atoms. The van der Waals surface area contributed by atoms with E-state index < -0.39 is 5.82 Å². The first-order valence-electron chi connectivity index (χ1n) is 6.17. The van der Waals surface area contributed by atoms with Crippen LogP contribution in [0.5, 0.6) is 0 Å². The van der Waals surface area contributed by atoms with E-state index in [1.54, 1.807) is 0 Å². The van der Waals surface area contributed by atoms with E-state index in [1.165, 1.54) is 18.2 Å². The Morgan fingerprint density at radius 2 is 1.80 bits per heavy atom. The Morgan fingerprint density at radius 3 is 2.40 bits per heavy atom. The van der Waals surface area contributed by atoms with Gasteiger partial charge in [-0.2, -0.15) is 15.0 Å². The Morgan fingerprint density at radius 1 is 1.10 bits per heavy atom. The van der Waals surface area contributed by atoms with Crippen LogP contribution >= 0.6 is 23.2 Å². The van der Waals surface area contributed by atoms with Crippen LogP contribution in [0.3, 0.4) is 0 Å². The number of nitrogens with zero attached hydrogens (tertiary/aromatic N) is 4. The highest BCUT2D eigenvalue weighted by molar-refractivity contribution is 6.33. The number of hydrogen-bond donors (Lipinski definition) is 0. The highest BCUT2D eigenvalue weighted by Gasteiger charge is 2.14. The topological polar surface area (TPSA) is 41.9 Å². The molecule has 1 aromatic heterocycles. The summed E-state index contributed by atoms with van der Waals surface area (Å²) < 4.78 is 13.1. The van der Waals surface area contributed by atoms with Crippen molar-refractivity contribution in [3.05, 3.63) is 34.3 Å². The van der Waals surface area contributed by atoms with E-state index in [0.717, 1.165) is 13.1 Å². The summed E-state index contributed by atoms with van der Waals surface area (Å²) in [6.07, 6.45) is 0. The number of anilines is 1. The van der Waals surface area contributed by atoms with Crippen molar-refractivity contribution in [2.75, 3.05) is 18.0 Å². The third-order valence-electron chi connectivity index (χ3n) is 2.81. The molecule has 7 heteroatoms. The van der Waals surface area contributed by atoms with Crippen molar-refractivity contribution in [3.8, 4) is 11.4 Å². The zero-order valence-electron chi connectivity index (χ0n) is 11.1. The van der Waals surface area contributed by atoms with Crippen molar-refractivity contribution in [1.82, 2.24) is 15.0 Å². The van der Waals surface area contributed by atoms with Gasteiger partial charge in [-0.25, -0.2) is 4.39 Å². The van der Waals surface area contributed by atoms with E-state index in [1.807, 2.05) is 18.7 Å².